The summed E-state index contributed by atoms with van der Waals surface area (Å²) in [6, 6.07) is 0. The maximum Gasteiger partial charge on any atom is 0.211 e. The topological polar surface area (TPSA) is 66.4 Å². The van der Waals surface area contributed by atoms with Gasteiger partial charge >= 0.3 is 0 Å². The van der Waals surface area contributed by atoms with E-state index in [-0.39, 0.29) is 12.3 Å². The van der Waals surface area contributed by atoms with E-state index in [2.05, 4.69) is 4.72 Å². The Labute approximate surface area is 80.4 Å². The Balaban J connectivity index is 3.91. The molecule has 0 bridgehead atoms. The Morgan fingerprint density at radius 1 is 1.38 bits per heavy atom. The highest BCUT2D eigenvalue weighted by molar-refractivity contribution is 7.89. The summed E-state index contributed by atoms with van der Waals surface area (Å²) in [7, 11) is -3.19. The molecule has 0 aromatic heterocycles. The van der Waals surface area contributed by atoms with E-state index in [0.717, 1.165) is 6.42 Å². The maximum atomic E-state index is 11.2. The molecule has 0 aromatic carbocycles. The van der Waals surface area contributed by atoms with Crippen LogP contribution in [0.25, 0.3) is 0 Å². The van der Waals surface area contributed by atoms with Crippen LogP contribution in [0.4, 0.5) is 0 Å². The summed E-state index contributed by atoms with van der Waals surface area (Å²) in [5.41, 5.74) is -0.987. The summed E-state index contributed by atoms with van der Waals surface area (Å²) >= 11 is 0. The first-order valence-corrected chi connectivity index (χ1v) is 6.12. The van der Waals surface area contributed by atoms with E-state index in [4.69, 9.17) is 0 Å². The molecule has 13 heavy (non-hydrogen) atoms. The highest BCUT2D eigenvalue weighted by Crippen LogP contribution is 2.00. The molecule has 0 amide bonds. The predicted octanol–water partition coefficient (Wildman–Crippen LogP) is 0.477. The fourth-order valence-electron chi connectivity index (χ4n) is 0.693. The molecule has 0 saturated heterocycles. The van der Waals surface area contributed by atoms with E-state index < -0.39 is 15.6 Å². The summed E-state index contributed by atoms with van der Waals surface area (Å²) in [4.78, 5) is 0. The molecular weight excluding hydrogens is 190 g/mol. The quantitative estimate of drug-likeness (QED) is 0.668. The Hall–Kier alpha value is -0.130. The second-order valence-electron chi connectivity index (χ2n) is 3.81. The SMILES string of the molecule is CCCCS(=O)(=O)NCC(C)(C)O. The van der Waals surface area contributed by atoms with Gasteiger partial charge in [-0.2, -0.15) is 0 Å². The molecule has 0 saturated carbocycles. The van der Waals surface area contributed by atoms with Crippen LogP contribution in [0.1, 0.15) is 33.6 Å². The molecular formula is C8H19NO3S. The Morgan fingerprint density at radius 2 is 1.92 bits per heavy atom. The first-order valence-electron chi connectivity index (χ1n) is 4.46. The van der Waals surface area contributed by atoms with Crippen LogP contribution in [0, 0.1) is 0 Å². The number of hydrogen-bond donors (Lipinski definition) is 2. The van der Waals surface area contributed by atoms with Crippen LogP contribution in [-0.4, -0.2) is 31.4 Å². The molecule has 0 aromatic rings. The monoisotopic (exact) mass is 209 g/mol. The van der Waals surface area contributed by atoms with Crippen LogP contribution >= 0.6 is 0 Å². The highest BCUT2D eigenvalue weighted by atomic mass is 32.2. The van der Waals surface area contributed by atoms with Gasteiger partial charge in [-0.25, -0.2) is 13.1 Å². The third-order valence-electron chi connectivity index (χ3n) is 1.49. The van der Waals surface area contributed by atoms with Gasteiger partial charge in [-0.05, 0) is 20.3 Å². The molecule has 2 N–H and O–H groups in total. The van der Waals surface area contributed by atoms with Crippen molar-refractivity contribution in [2.45, 2.75) is 39.2 Å². The van der Waals surface area contributed by atoms with Crippen LogP contribution < -0.4 is 4.72 Å². The molecule has 5 heteroatoms. The summed E-state index contributed by atoms with van der Waals surface area (Å²) in [6.07, 6.45) is 1.50. The number of unbranched alkanes of at least 4 members (excludes halogenated alkanes) is 1. The zero-order valence-electron chi connectivity index (χ0n) is 8.50. The lowest BCUT2D eigenvalue weighted by molar-refractivity contribution is 0.0857. The minimum absolute atomic E-state index is 0.0685. The van der Waals surface area contributed by atoms with Gasteiger partial charge in [0.1, 0.15) is 0 Å². The molecule has 0 atom stereocenters. The molecule has 4 nitrogen and oxygen atoms in total. The molecule has 0 aliphatic rings. The second-order valence-corrected chi connectivity index (χ2v) is 5.73. The normalized spacial score (nSPS) is 13.2. The first kappa shape index (κ1) is 12.9. The smallest absolute Gasteiger partial charge is 0.211 e. The Bertz CT molecular complexity index is 228. The van der Waals surface area contributed by atoms with E-state index in [1.807, 2.05) is 6.92 Å². The summed E-state index contributed by atoms with van der Waals surface area (Å²) in [5, 5.41) is 9.28. The van der Waals surface area contributed by atoms with E-state index in [0.29, 0.717) is 6.42 Å². The molecule has 0 rings (SSSR count). The van der Waals surface area contributed by atoms with Crippen LogP contribution in [0.15, 0.2) is 0 Å². The van der Waals surface area contributed by atoms with Gasteiger partial charge in [0.25, 0.3) is 0 Å². The summed E-state index contributed by atoms with van der Waals surface area (Å²) in [6.45, 7) is 5.13. The molecule has 0 heterocycles. The van der Waals surface area contributed by atoms with E-state index in [9.17, 15) is 13.5 Å². The number of aliphatic hydroxyl groups is 1. The van der Waals surface area contributed by atoms with Gasteiger partial charge in [0.2, 0.25) is 10.0 Å². The Kier molecular flexibility index (Phi) is 4.88. The summed E-state index contributed by atoms with van der Waals surface area (Å²) in [5.74, 6) is 0.138. The standard InChI is InChI=1S/C8H19NO3S/c1-4-5-6-13(11,12)9-7-8(2,3)10/h9-10H,4-7H2,1-3H3. The van der Waals surface area contributed by atoms with Crippen molar-refractivity contribution in [1.29, 1.82) is 0 Å². The van der Waals surface area contributed by atoms with Gasteiger partial charge in [-0.1, -0.05) is 13.3 Å². The number of hydrogen-bond acceptors (Lipinski definition) is 3. The lowest BCUT2D eigenvalue weighted by atomic mass is 10.1. The van der Waals surface area contributed by atoms with Crippen LogP contribution in [-0.2, 0) is 10.0 Å². The van der Waals surface area contributed by atoms with Crippen molar-refractivity contribution in [3.8, 4) is 0 Å². The van der Waals surface area contributed by atoms with Crippen molar-refractivity contribution in [2.24, 2.45) is 0 Å². The minimum atomic E-state index is -3.19. The highest BCUT2D eigenvalue weighted by Gasteiger charge is 2.16. The zero-order valence-corrected chi connectivity index (χ0v) is 9.32. The number of sulfonamides is 1. The van der Waals surface area contributed by atoms with Crippen LogP contribution in [0.5, 0.6) is 0 Å². The van der Waals surface area contributed by atoms with Gasteiger partial charge in [0.15, 0.2) is 0 Å². The molecule has 0 aliphatic carbocycles. The van der Waals surface area contributed by atoms with E-state index >= 15 is 0 Å². The van der Waals surface area contributed by atoms with Gasteiger partial charge in [0, 0.05) is 6.54 Å². The lowest BCUT2D eigenvalue weighted by Crippen LogP contribution is -2.39. The van der Waals surface area contributed by atoms with Crippen molar-refractivity contribution in [3.05, 3.63) is 0 Å². The van der Waals surface area contributed by atoms with Crippen molar-refractivity contribution < 1.29 is 13.5 Å². The van der Waals surface area contributed by atoms with Gasteiger partial charge in [-0.15, -0.1) is 0 Å². The molecule has 0 aliphatic heterocycles. The minimum Gasteiger partial charge on any atom is -0.389 e. The molecule has 0 spiro atoms. The van der Waals surface area contributed by atoms with E-state index in [1.54, 1.807) is 13.8 Å². The maximum absolute atomic E-state index is 11.2. The number of rotatable bonds is 6. The number of nitrogens with one attached hydrogen (secondary N) is 1. The van der Waals surface area contributed by atoms with Gasteiger partial charge in [0.05, 0.1) is 11.4 Å². The van der Waals surface area contributed by atoms with Crippen molar-refractivity contribution >= 4 is 10.0 Å². The molecule has 0 radical (unpaired) electrons. The second kappa shape index (κ2) is 4.93. The predicted molar refractivity (Wildman–Crippen MR) is 53.0 cm³/mol. The molecule has 0 unspecified atom stereocenters. The van der Waals surface area contributed by atoms with Crippen molar-refractivity contribution in [2.75, 3.05) is 12.3 Å². The first-order chi connectivity index (χ1) is 5.77. The molecule has 80 valence electrons. The fourth-order valence-corrected chi connectivity index (χ4v) is 2.08. The van der Waals surface area contributed by atoms with Crippen LogP contribution in [0.2, 0.25) is 0 Å². The van der Waals surface area contributed by atoms with Gasteiger partial charge < -0.3 is 5.11 Å². The Morgan fingerprint density at radius 3 is 2.31 bits per heavy atom. The van der Waals surface area contributed by atoms with Gasteiger partial charge in [-0.3, -0.25) is 0 Å². The zero-order chi connectivity index (χ0) is 10.5. The van der Waals surface area contributed by atoms with E-state index in [1.165, 1.54) is 0 Å². The third-order valence-corrected chi connectivity index (χ3v) is 2.90. The van der Waals surface area contributed by atoms with Crippen molar-refractivity contribution in [1.82, 2.24) is 4.72 Å². The largest absolute Gasteiger partial charge is 0.389 e. The molecule has 0 fully saturated rings. The third kappa shape index (κ3) is 8.21. The van der Waals surface area contributed by atoms with Crippen molar-refractivity contribution in [3.63, 3.8) is 0 Å². The lowest BCUT2D eigenvalue weighted by Gasteiger charge is -2.17. The summed E-state index contributed by atoms with van der Waals surface area (Å²) < 4.78 is 24.8. The fraction of sp³-hybridized carbons (Fsp3) is 1.00. The average Bonchev–Trinajstić information content (AvgIpc) is 1.97. The average molecular weight is 209 g/mol. The van der Waals surface area contributed by atoms with Crippen LogP contribution in [0.3, 0.4) is 0 Å².